The fourth-order valence-electron chi connectivity index (χ4n) is 1.70. The minimum Gasteiger partial charge on any atom is -0.476 e. The molecule has 1 aromatic rings. The molecule has 0 saturated carbocycles. The SMILES string of the molecule is CCOc1nsnc1C1=CCCNC1C.O=C(O)C(=O)O. The van der Waals surface area contributed by atoms with Crippen LogP contribution in [0.2, 0.25) is 0 Å². The molecule has 0 aliphatic carbocycles. The number of aromatic nitrogens is 2. The molecule has 1 atom stereocenters. The van der Waals surface area contributed by atoms with Gasteiger partial charge < -0.3 is 20.3 Å². The fraction of sp³-hybridized carbons (Fsp3) is 0.500. The molecule has 0 radical (unpaired) electrons. The van der Waals surface area contributed by atoms with E-state index in [0.29, 0.717) is 18.5 Å². The molecular weight excluding hydrogens is 298 g/mol. The number of aliphatic carboxylic acids is 2. The van der Waals surface area contributed by atoms with Crippen molar-refractivity contribution in [2.24, 2.45) is 0 Å². The second kappa shape index (κ2) is 8.32. The highest BCUT2D eigenvalue weighted by Gasteiger charge is 2.20. The van der Waals surface area contributed by atoms with Crippen LogP contribution in [0.4, 0.5) is 0 Å². The average Bonchev–Trinajstić information content (AvgIpc) is 2.88. The Morgan fingerprint density at radius 1 is 1.43 bits per heavy atom. The maximum absolute atomic E-state index is 9.10. The monoisotopic (exact) mass is 315 g/mol. The largest absolute Gasteiger partial charge is 0.476 e. The van der Waals surface area contributed by atoms with Crippen molar-refractivity contribution in [3.8, 4) is 5.88 Å². The summed E-state index contributed by atoms with van der Waals surface area (Å²) in [6, 6.07) is 0.335. The fourth-order valence-corrected chi connectivity index (χ4v) is 2.22. The first-order chi connectivity index (χ1) is 9.97. The Morgan fingerprint density at radius 2 is 2.10 bits per heavy atom. The van der Waals surface area contributed by atoms with Crippen LogP contribution in [-0.2, 0) is 9.59 Å². The highest BCUT2D eigenvalue weighted by Crippen LogP contribution is 2.28. The van der Waals surface area contributed by atoms with E-state index in [0.717, 1.165) is 18.7 Å². The molecule has 1 unspecified atom stereocenters. The number of hydrogen-bond acceptors (Lipinski definition) is 7. The lowest BCUT2D eigenvalue weighted by Gasteiger charge is -2.20. The quantitative estimate of drug-likeness (QED) is 0.702. The Balaban J connectivity index is 0.000000315. The first kappa shape index (κ1) is 17.1. The first-order valence-corrected chi connectivity index (χ1v) is 7.05. The van der Waals surface area contributed by atoms with Gasteiger partial charge in [-0.15, -0.1) is 4.37 Å². The van der Waals surface area contributed by atoms with Gasteiger partial charge in [0.15, 0.2) is 0 Å². The summed E-state index contributed by atoms with van der Waals surface area (Å²) in [5.74, 6) is -2.98. The van der Waals surface area contributed by atoms with Gasteiger partial charge in [-0.1, -0.05) is 6.08 Å². The minimum absolute atomic E-state index is 0.335. The van der Waals surface area contributed by atoms with Gasteiger partial charge in [0.2, 0.25) is 0 Å². The van der Waals surface area contributed by atoms with E-state index in [-0.39, 0.29) is 0 Å². The summed E-state index contributed by atoms with van der Waals surface area (Å²) in [5.41, 5.74) is 2.11. The molecule has 2 heterocycles. The van der Waals surface area contributed by atoms with Crippen LogP contribution < -0.4 is 10.1 Å². The van der Waals surface area contributed by atoms with Crippen LogP contribution in [0.25, 0.3) is 5.57 Å². The lowest BCUT2D eigenvalue weighted by molar-refractivity contribution is -0.159. The van der Waals surface area contributed by atoms with Crippen molar-refractivity contribution < 1.29 is 24.5 Å². The molecule has 8 nitrogen and oxygen atoms in total. The van der Waals surface area contributed by atoms with Crippen molar-refractivity contribution in [3.63, 3.8) is 0 Å². The summed E-state index contributed by atoms with van der Waals surface area (Å²) in [6.45, 7) is 5.76. The number of nitrogens with one attached hydrogen (secondary N) is 1. The van der Waals surface area contributed by atoms with Crippen molar-refractivity contribution in [1.29, 1.82) is 0 Å². The van der Waals surface area contributed by atoms with Crippen LogP contribution in [0, 0.1) is 0 Å². The molecule has 1 aromatic heterocycles. The first-order valence-electron chi connectivity index (χ1n) is 6.32. The number of nitrogens with zero attached hydrogens (tertiary/aromatic N) is 2. The molecule has 0 fully saturated rings. The van der Waals surface area contributed by atoms with E-state index in [1.807, 2.05) is 6.92 Å². The number of carbonyl (C=O) groups is 2. The normalized spacial score (nSPS) is 17.2. The van der Waals surface area contributed by atoms with Crippen molar-refractivity contribution >= 4 is 29.2 Å². The van der Waals surface area contributed by atoms with Gasteiger partial charge in [0, 0.05) is 6.04 Å². The van der Waals surface area contributed by atoms with Crippen LogP contribution in [0.3, 0.4) is 0 Å². The molecule has 2 rings (SSSR count). The van der Waals surface area contributed by atoms with Gasteiger partial charge in [0.1, 0.15) is 5.69 Å². The van der Waals surface area contributed by atoms with Crippen LogP contribution in [0.1, 0.15) is 26.0 Å². The zero-order chi connectivity index (χ0) is 15.8. The van der Waals surface area contributed by atoms with Crippen LogP contribution in [0.5, 0.6) is 5.88 Å². The summed E-state index contributed by atoms with van der Waals surface area (Å²) < 4.78 is 13.9. The van der Waals surface area contributed by atoms with Crippen molar-refractivity contribution in [2.45, 2.75) is 26.3 Å². The van der Waals surface area contributed by atoms with Gasteiger partial charge in [-0.25, -0.2) is 9.59 Å². The third-order valence-electron chi connectivity index (χ3n) is 2.62. The van der Waals surface area contributed by atoms with Gasteiger partial charge in [-0.05, 0) is 32.4 Å². The van der Waals surface area contributed by atoms with Gasteiger partial charge in [0.05, 0.1) is 18.3 Å². The number of hydrogen-bond donors (Lipinski definition) is 3. The average molecular weight is 315 g/mol. The Morgan fingerprint density at radius 3 is 2.62 bits per heavy atom. The van der Waals surface area contributed by atoms with E-state index in [9.17, 15) is 0 Å². The second-order valence-electron chi connectivity index (χ2n) is 4.09. The van der Waals surface area contributed by atoms with Crippen LogP contribution in [0.15, 0.2) is 6.08 Å². The molecule has 1 aliphatic rings. The van der Waals surface area contributed by atoms with Crippen LogP contribution in [-0.4, -0.2) is 50.1 Å². The maximum Gasteiger partial charge on any atom is 0.414 e. The standard InChI is InChI=1S/C10H15N3OS.C2H2O4/c1-3-14-10-9(12-15-13-10)8-5-4-6-11-7(8)2;3-1(4)2(5)6/h5,7,11H,3-4,6H2,1-2H3;(H,3,4)(H,5,6). The highest BCUT2D eigenvalue weighted by molar-refractivity contribution is 6.99. The van der Waals surface area contributed by atoms with Crippen LogP contribution >= 0.6 is 11.7 Å². The van der Waals surface area contributed by atoms with E-state index < -0.39 is 11.9 Å². The maximum atomic E-state index is 9.10. The molecule has 21 heavy (non-hydrogen) atoms. The summed E-state index contributed by atoms with van der Waals surface area (Å²) in [7, 11) is 0. The van der Waals surface area contributed by atoms with Crippen molar-refractivity contribution in [1.82, 2.24) is 14.1 Å². The van der Waals surface area contributed by atoms with Crippen molar-refractivity contribution in [3.05, 3.63) is 11.8 Å². The zero-order valence-corrected chi connectivity index (χ0v) is 12.5. The number of carboxylic acid groups (broad SMARTS) is 2. The predicted molar refractivity (Wildman–Crippen MR) is 76.4 cm³/mol. The second-order valence-corrected chi connectivity index (χ2v) is 4.61. The molecule has 0 saturated heterocycles. The molecule has 116 valence electrons. The Hall–Kier alpha value is -2.00. The molecule has 9 heteroatoms. The Bertz CT molecular complexity index is 517. The van der Waals surface area contributed by atoms with E-state index in [1.54, 1.807) is 0 Å². The van der Waals surface area contributed by atoms with Gasteiger partial charge in [0.25, 0.3) is 5.88 Å². The highest BCUT2D eigenvalue weighted by atomic mass is 32.1. The number of ether oxygens (including phenoxy) is 1. The van der Waals surface area contributed by atoms with Gasteiger partial charge >= 0.3 is 11.9 Å². The Kier molecular flexibility index (Phi) is 6.76. The number of carboxylic acids is 2. The molecule has 0 bridgehead atoms. The smallest absolute Gasteiger partial charge is 0.414 e. The number of rotatable bonds is 3. The topological polar surface area (TPSA) is 122 Å². The van der Waals surface area contributed by atoms with E-state index in [4.69, 9.17) is 24.5 Å². The molecule has 3 N–H and O–H groups in total. The van der Waals surface area contributed by atoms with Crippen molar-refractivity contribution in [2.75, 3.05) is 13.2 Å². The third-order valence-corrected chi connectivity index (χ3v) is 3.13. The summed E-state index contributed by atoms with van der Waals surface area (Å²) in [5, 5.41) is 18.2. The molecule has 0 amide bonds. The molecular formula is C12H17N3O5S. The van der Waals surface area contributed by atoms with Gasteiger partial charge in [-0.2, -0.15) is 4.37 Å². The Labute approximate surface area is 125 Å². The lowest BCUT2D eigenvalue weighted by Crippen LogP contribution is -2.31. The minimum atomic E-state index is -1.82. The summed E-state index contributed by atoms with van der Waals surface area (Å²) >= 11 is 1.21. The molecule has 0 spiro atoms. The van der Waals surface area contributed by atoms with Gasteiger partial charge in [-0.3, -0.25) is 0 Å². The van der Waals surface area contributed by atoms with E-state index in [1.165, 1.54) is 17.3 Å². The molecule has 0 aromatic carbocycles. The third kappa shape index (κ3) is 5.12. The summed E-state index contributed by atoms with van der Waals surface area (Å²) in [6.07, 6.45) is 3.27. The van der Waals surface area contributed by atoms with E-state index >= 15 is 0 Å². The molecule has 1 aliphatic heterocycles. The predicted octanol–water partition coefficient (Wildman–Crippen LogP) is 0.858. The lowest BCUT2D eigenvalue weighted by atomic mass is 10.0. The zero-order valence-electron chi connectivity index (χ0n) is 11.7. The van der Waals surface area contributed by atoms with E-state index in [2.05, 4.69) is 27.1 Å². The summed E-state index contributed by atoms with van der Waals surface area (Å²) in [4.78, 5) is 18.2.